The molecule has 6 nitrogen and oxygen atoms in total. The molecule has 1 saturated carbocycles. The number of carbonyl (C=O) groups excluding carboxylic acids is 2. The number of carboxylic acid groups (broad SMARTS) is 1. The number of benzene rings is 1. The van der Waals surface area contributed by atoms with Gasteiger partial charge in [0.05, 0.1) is 0 Å². The van der Waals surface area contributed by atoms with Crippen molar-refractivity contribution in [1.82, 2.24) is 9.80 Å². The second-order valence-corrected chi connectivity index (χ2v) is 7.82. The summed E-state index contributed by atoms with van der Waals surface area (Å²) in [4.78, 5) is 40.2. The molecule has 2 heterocycles. The predicted octanol–water partition coefficient (Wildman–Crippen LogP) is 1.75. The summed E-state index contributed by atoms with van der Waals surface area (Å²) in [5.74, 6) is -4.09. The van der Waals surface area contributed by atoms with Crippen LogP contribution in [0.15, 0.2) is 18.2 Å². The zero-order valence-electron chi connectivity index (χ0n) is 14.7. The lowest BCUT2D eigenvalue weighted by molar-refractivity contribution is -0.149. The zero-order valence-corrected chi connectivity index (χ0v) is 14.7. The topological polar surface area (TPSA) is 77.9 Å². The Morgan fingerprint density at radius 2 is 1.70 bits per heavy atom. The van der Waals surface area contributed by atoms with Crippen LogP contribution in [0.3, 0.4) is 0 Å². The van der Waals surface area contributed by atoms with Gasteiger partial charge >= 0.3 is 5.97 Å². The minimum atomic E-state index is -1.20. The summed E-state index contributed by atoms with van der Waals surface area (Å²) in [5.41, 5.74) is -1.22. The Hall–Kier alpha value is -2.51. The summed E-state index contributed by atoms with van der Waals surface area (Å²) in [6, 6.07) is 2.89. The molecule has 3 aliphatic rings. The molecule has 0 unspecified atom stereocenters. The first-order valence-electron chi connectivity index (χ1n) is 9.08. The van der Waals surface area contributed by atoms with Gasteiger partial charge < -0.3 is 14.9 Å². The van der Waals surface area contributed by atoms with Crippen molar-refractivity contribution in [2.45, 2.75) is 19.3 Å². The van der Waals surface area contributed by atoms with Crippen LogP contribution in [0.2, 0.25) is 0 Å². The van der Waals surface area contributed by atoms with Gasteiger partial charge in [-0.3, -0.25) is 14.4 Å². The molecule has 2 amide bonds. The summed E-state index contributed by atoms with van der Waals surface area (Å²) in [6.07, 6.45) is 2.72. The van der Waals surface area contributed by atoms with Crippen molar-refractivity contribution in [2.75, 3.05) is 26.2 Å². The van der Waals surface area contributed by atoms with Crippen molar-refractivity contribution in [1.29, 1.82) is 0 Å². The van der Waals surface area contributed by atoms with Crippen LogP contribution in [0.1, 0.15) is 29.6 Å². The van der Waals surface area contributed by atoms with Crippen molar-refractivity contribution >= 4 is 17.8 Å². The lowest BCUT2D eigenvalue weighted by Gasteiger charge is -2.31. The van der Waals surface area contributed by atoms with E-state index in [-0.39, 0.29) is 42.9 Å². The average molecular weight is 378 g/mol. The van der Waals surface area contributed by atoms with E-state index in [1.807, 2.05) is 0 Å². The number of hydrogen-bond donors (Lipinski definition) is 1. The summed E-state index contributed by atoms with van der Waals surface area (Å²) in [6.45, 7) is 0.533. The number of hydrogen-bond acceptors (Lipinski definition) is 3. The minimum Gasteiger partial charge on any atom is -0.481 e. The number of fused-ring (bicyclic) bond motifs is 1. The van der Waals surface area contributed by atoms with E-state index in [2.05, 4.69) is 0 Å². The summed E-state index contributed by atoms with van der Waals surface area (Å²) in [5, 5.41) is 9.85. The largest absolute Gasteiger partial charge is 0.481 e. The Kier molecular flexibility index (Phi) is 4.16. The van der Waals surface area contributed by atoms with Gasteiger partial charge in [0, 0.05) is 43.6 Å². The molecule has 1 N–H and O–H groups in total. The Morgan fingerprint density at radius 1 is 1.04 bits per heavy atom. The van der Waals surface area contributed by atoms with Gasteiger partial charge in [-0.25, -0.2) is 8.78 Å². The molecule has 0 bridgehead atoms. The van der Waals surface area contributed by atoms with Gasteiger partial charge in [-0.2, -0.15) is 0 Å². The van der Waals surface area contributed by atoms with E-state index in [0.29, 0.717) is 6.54 Å². The maximum atomic E-state index is 13.4. The maximum absolute atomic E-state index is 13.4. The molecule has 0 aromatic heterocycles. The van der Waals surface area contributed by atoms with Gasteiger partial charge in [0.25, 0.3) is 5.91 Å². The summed E-state index contributed by atoms with van der Waals surface area (Å²) < 4.78 is 26.5. The standard InChI is InChI=1S/C19H20F2N2O4/c20-14-5-4-12(6-15(14)21)17(25)23-8-13-7-22(16(24)11-2-1-3-11)9-19(13,10-23)18(26)27/h4-6,11,13H,1-3,7-10H2,(H,26,27)/t13-,19-/m0/s1. The van der Waals surface area contributed by atoms with Crippen LogP contribution in [0.5, 0.6) is 0 Å². The van der Waals surface area contributed by atoms with E-state index in [0.717, 1.165) is 31.4 Å². The van der Waals surface area contributed by atoms with Crippen molar-refractivity contribution in [3.8, 4) is 0 Å². The molecular weight excluding hydrogens is 358 g/mol. The average Bonchev–Trinajstić information content (AvgIpc) is 3.10. The number of carbonyl (C=O) groups is 3. The van der Waals surface area contributed by atoms with Crippen molar-refractivity contribution in [3.63, 3.8) is 0 Å². The van der Waals surface area contributed by atoms with Gasteiger partial charge in [-0.15, -0.1) is 0 Å². The molecular formula is C19H20F2N2O4. The van der Waals surface area contributed by atoms with Crippen molar-refractivity contribution < 1.29 is 28.3 Å². The summed E-state index contributed by atoms with van der Waals surface area (Å²) >= 11 is 0. The number of rotatable bonds is 3. The Labute approximate surface area is 154 Å². The van der Waals surface area contributed by atoms with Crippen LogP contribution in [-0.4, -0.2) is 58.9 Å². The van der Waals surface area contributed by atoms with Crippen LogP contribution in [0.25, 0.3) is 0 Å². The predicted molar refractivity (Wildman–Crippen MR) is 89.7 cm³/mol. The van der Waals surface area contributed by atoms with Crippen LogP contribution in [-0.2, 0) is 9.59 Å². The monoisotopic (exact) mass is 378 g/mol. The number of aliphatic carboxylic acids is 1. The molecule has 0 spiro atoms. The fourth-order valence-electron chi connectivity index (χ4n) is 4.42. The number of halogens is 2. The zero-order chi connectivity index (χ0) is 19.3. The van der Waals surface area contributed by atoms with Gasteiger partial charge in [0.1, 0.15) is 5.41 Å². The van der Waals surface area contributed by atoms with E-state index in [1.165, 1.54) is 11.0 Å². The molecule has 144 valence electrons. The first-order valence-corrected chi connectivity index (χ1v) is 9.08. The molecule has 0 radical (unpaired) electrons. The summed E-state index contributed by atoms with van der Waals surface area (Å²) in [7, 11) is 0. The van der Waals surface area contributed by atoms with E-state index in [4.69, 9.17) is 0 Å². The number of nitrogens with zero attached hydrogens (tertiary/aromatic N) is 2. The van der Waals surface area contributed by atoms with E-state index in [9.17, 15) is 28.3 Å². The lowest BCUT2D eigenvalue weighted by Crippen LogP contribution is -2.44. The molecule has 2 aliphatic heterocycles. The molecule has 1 aromatic rings. The van der Waals surface area contributed by atoms with Crippen LogP contribution in [0.4, 0.5) is 8.78 Å². The normalized spacial score (nSPS) is 27.4. The molecule has 27 heavy (non-hydrogen) atoms. The van der Waals surface area contributed by atoms with Gasteiger partial charge in [-0.05, 0) is 31.0 Å². The van der Waals surface area contributed by atoms with E-state index < -0.39 is 28.9 Å². The maximum Gasteiger partial charge on any atom is 0.313 e. The lowest BCUT2D eigenvalue weighted by atomic mass is 9.81. The number of amides is 2. The van der Waals surface area contributed by atoms with Crippen molar-refractivity contribution in [2.24, 2.45) is 17.3 Å². The molecule has 4 rings (SSSR count). The second-order valence-electron chi connectivity index (χ2n) is 7.82. The first kappa shape index (κ1) is 17.9. The second kappa shape index (κ2) is 6.28. The molecule has 1 aliphatic carbocycles. The highest BCUT2D eigenvalue weighted by atomic mass is 19.2. The van der Waals surface area contributed by atoms with Gasteiger partial charge in [0.2, 0.25) is 5.91 Å². The molecule has 2 saturated heterocycles. The van der Waals surface area contributed by atoms with E-state index in [1.54, 1.807) is 4.90 Å². The number of carboxylic acids is 1. The Morgan fingerprint density at radius 3 is 2.26 bits per heavy atom. The fourth-order valence-corrected chi connectivity index (χ4v) is 4.42. The highest BCUT2D eigenvalue weighted by Gasteiger charge is 2.59. The van der Waals surface area contributed by atoms with E-state index >= 15 is 0 Å². The Bertz CT molecular complexity index is 826. The molecule has 8 heteroatoms. The van der Waals surface area contributed by atoms with Gasteiger partial charge in [-0.1, -0.05) is 6.42 Å². The molecule has 1 aromatic carbocycles. The van der Waals surface area contributed by atoms with Crippen LogP contribution < -0.4 is 0 Å². The third-order valence-corrected chi connectivity index (χ3v) is 6.25. The molecule has 3 fully saturated rings. The SMILES string of the molecule is O=C(c1ccc(F)c(F)c1)N1C[C@@H]2CN(C(=O)C3CCC3)C[C@]2(C(=O)O)C1. The van der Waals surface area contributed by atoms with Crippen molar-refractivity contribution in [3.05, 3.63) is 35.4 Å². The third kappa shape index (κ3) is 2.78. The van der Waals surface area contributed by atoms with Crippen LogP contribution >= 0.6 is 0 Å². The first-order chi connectivity index (χ1) is 12.8. The molecule has 2 atom stereocenters. The third-order valence-electron chi connectivity index (χ3n) is 6.25. The quantitative estimate of drug-likeness (QED) is 0.869. The van der Waals surface area contributed by atoms with Gasteiger partial charge in [0.15, 0.2) is 11.6 Å². The minimum absolute atomic E-state index is 0.00500. The highest BCUT2D eigenvalue weighted by Crippen LogP contribution is 2.44. The van der Waals surface area contributed by atoms with Crippen LogP contribution in [0, 0.1) is 28.9 Å². The number of likely N-dealkylation sites (tertiary alicyclic amines) is 2. The smallest absolute Gasteiger partial charge is 0.313 e. The highest BCUT2D eigenvalue weighted by molar-refractivity contribution is 5.95. The Balaban J connectivity index is 1.52. The fraction of sp³-hybridized carbons (Fsp3) is 0.526.